The second-order valence-corrected chi connectivity index (χ2v) is 4.27. The molecule has 0 unspecified atom stereocenters. The Labute approximate surface area is 111 Å². The van der Waals surface area contributed by atoms with Crippen molar-refractivity contribution in [2.45, 2.75) is 6.92 Å². The highest BCUT2D eigenvalue weighted by molar-refractivity contribution is 5.60. The predicted octanol–water partition coefficient (Wildman–Crippen LogP) is 3.79. The number of benzene rings is 1. The minimum absolute atomic E-state index is 0.475. The smallest absolute Gasteiger partial charge is 0.299 e. The van der Waals surface area contributed by atoms with Crippen LogP contribution in [0, 0.1) is 6.92 Å². The van der Waals surface area contributed by atoms with Crippen LogP contribution in [0.2, 0.25) is 0 Å². The molecule has 0 fully saturated rings. The van der Waals surface area contributed by atoms with Crippen LogP contribution in [-0.2, 0) is 0 Å². The molecular formula is C15H13N3O. The number of aryl methyl sites for hydroxylation is 1. The van der Waals surface area contributed by atoms with Gasteiger partial charge in [-0.05, 0) is 31.2 Å². The third kappa shape index (κ3) is 2.63. The zero-order valence-electron chi connectivity index (χ0n) is 10.5. The van der Waals surface area contributed by atoms with Crippen LogP contribution in [0.25, 0.3) is 11.3 Å². The van der Waals surface area contributed by atoms with Gasteiger partial charge in [-0.3, -0.25) is 4.98 Å². The van der Waals surface area contributed by atoms with Crippen molar-refractivity contribution in [1.29, 1.82) is 0 Å². The number of rotatable bonds is 3. The first-order valence-electron chi connectivity index (χ1n) is 6.01. The average Bonchev–Trinajstić information content (AvgIpc) is 2.91. The van der Waals surface area contributed by atoms with Crippen LogP contribution in [0.15, 0.2) is 59.5 Å². The molecule has 1 N–H and O–H groups in total. The van der Waals surface area contributed by atoms with E-state index in [1.807, 2.05) is 36.4 Å². The van der Waals surface area contributed by atoms with E-state index in [-0.39, 0.29) is 0 Å². The second-order valence-electron chi connectivity index (χ2n) is 4.27. The summed E-state index contributed by atoms with van der Waals surface area (Å²) >= 11 is 0. The van der Waals surface area contributed by atoms with Crippen molar-refractivity contribution in [3.8, 4) is 11.3 Å². The molecule has 1 aromatic carbocycles. The van der Waals surface area contributed by atoms with Gasteiger partial charge in [0.1, 0.15) is 12.0 Å². The van der Waals surface area contributed by atoms with Crippen molar-refractivity contribution in [1.82, 2.24) is 9.97 Å². The Morgan fingerprint density at radius 2 is 1.95 bits per heavy atom. The zero-order valence-corrected chi connectivity index (χ0v) is 10.5. The Kier molecular flexibility index (Phi) is 2.98. The maximum atomic E-state index is 5.40. The number of aromatic nitrogens is 2. The molecule has 2 aromatic heterocycles. The Morgan fingerprint density at radius 3 is 2.68 bits per heavy atom. The summed E-state index contributed by atoms with van der Waals surface area (Å²) in [4.78, 5) is 8.44. The van der Waals surface area contributed by atoms with Crippen molar-refractivity contribution < 1.29 is 4.42 Å². The fraction of sp³-hybridized carbons (Fsp3) is 0.0667. The third-order valence-corrected chi connectivity index (χ3v) is 2.76. The van der Waals surface area contributed by atoms with Crippen LogP contribution in [0.5, 0.6) is 0 Å². The van der Waals surface area contributed by atoms with Crippen LogP contribution >= 0.6 is 0 Å². The molecule has 4 heteroatoms. The molecule has 0 aliphatic carbocycles. The normalized spacial score (nSPS) is 10.4. The lowest BCUT2D eigenvalue weighted by Gasteiger charge is -2.01. The Morgan fingerprint density at radius 1 is 1.11 bits per heavy atom. The molecule has 94 valence electrons. The fourth-order valence-electron chi connectivity index (χ4n) is 1.74. The van der Waals surface area contributed by atoms with E-state index < -0.39 is 0 Å². The maximum absolute atomic E-state index is 5.40. The van der Waals surface area contributed by atoms with Gasteiger partial charge >= 0.3 is 0 Å². The zero-order chi connectivity index (χ0) is 13.1. The van der Waals surface area contributed by atoms with Gasteiger partial charge < -0.3 is 9.73 Å². The van der Waals surface area contributed by atoms with Gasteiger partial charge in [-0.2, -0.15) is 4.98 Å². The summed E-state index contributed by atoms with van der Waals surface area (Å²) in [6.45, 7) is 2.05. The van der Waals surface area contributed by atoms with Gasteiger partial charge in [0.25, 0.3) is 6.01 Å². The average molecular weight is 251 g/mol. The Hall–Kier alpha value is -2.62. The molecular weight excluding hydrogens is 238 g/mol. The molecule has 19 heavy (non-hydrogen) atoms. The molecule has 0 saturated heterocycles. The first-order valence-corrected chi connectivity index (χ1v) is 6.01. The summed E-state index contributed by atoms with van der Waals surface area (Å²) in [5, 5.41) is 3.12. The Balaban J connectivity index is 1.80. The first kappa shape index (κ1) is 11.5. The van der Waals surface area contributed by atoms with Crippen LogP contribution in [0.4, 0.5) is 11.7 Å². The number of anilines is 2. The summed E-state index contributed by atoms with van der Waals surface area (Å²) in [5.41, 5.74) is 3.87. The molecule has 0 amide bonds. The van der Waals surface area contributed by atoms with Crippen molar-refractivity contribution in [2.75, 3.05) is 5.32 Å². The van der Waals surface area contributed by atoms with Gasteiger partial charge in [0, 0.05) is 23.6 Å². The highest BCUT2D eigenvalue weighted by Gasteiger charge is 2.06. The molecule has 0 spiro atoms. The van der Waals surface area contributed by atoms with Gasteiger partial charge in [0.15, 0.2) is 0 Å². The van der Waals surface area contributed by atoms with Gasteiger partial charge in [-0.15, -0.1) is 0 Å². The minimum atomic E-state index is 0.475. The summed E-state index contributed by atoms with van der Waals surface area (Å²) in [5.74, 6) is 0. The summed E-state index contributed by atoms with van der Waals surface area (Å²) in [6, 6.07) is 12.3. The van der Waals surface area contributed by atoms with Gasteiger partial charge in [-0.25, -0.2) is 0 Å². The fourth-order valence-corrected chi connectivity index (χ4v) is 1.74. The van der Waals surface area contributed by atoms with E-state index in [0.717, 1.165) is 16.9 Å². The van der Waals surface area contributed by atoms with Crippen LogP contribution in [0.3, 0.4) is 0 Å². The molecule has 3 aromatic rings. The van der Waals surface area contributed by atoms with E-state index in [4.69, 9.17) is 4.42 Å². The topological polar surface area (TPSA) is 51.0 Å². The number of oxazole rings is 1. The van der Waals surface area contributed by atoms with Gasteiger partial charge in [0.2, 0.25) is 0 Å². The van der Waals surface area contributed by atoms with Crippen LogP contribution in [-0.4, -0.2) is 9.97 Å². The monoisotopic (exact) mass is 251 g/mol. The third-order valence-electron chi connectivity index (χ3n) is 2.76. The Bertz CT molecular complexity index is 659. The molecule has 2 heterocycles. The van der Waals surface area contributed by atoms with E-state index in [2.05, 4.69) is 22.2 Å². The molecule has 0 bridgehead atoms. The molecule has 4 nitrogen and oxygen atoms in total. The highest BCUT2D eigenvalue weighted by Crippen LogP contribution is 2.22. The molecule has 3 rings (SSSR count). The van der Waals surface area contributed by atoms with Crippen molar-refractivity contribution in [3.63, 3.8) is 0 Å². The lowest BCUT2D eigenvalue weighted by Crippen LogP contribution is -1.90. The number of pyridine rings is 1. The largest absolute Gasteiger partial charge is 0.431 e. The number of nitrogens with one attached hydrogen (secondary N) is 1. The molecule has 0 atom stereocenters. The minimum Gasteiger partial charge on any atom is -0.431 e. The van der Waals surface area contributed by atoms with E-state index in [1.54, 1.807) is 18.7 Å². The van der Waals surface area contributed by atoms with E-state index in [1.165, 1.54) is 5.56 Å². The molecule has 0 aliphatic heterocycles. The van der Waals surface area contributed by atoms with Crippen molar-refractivity contribution in [2.24, 2.45) is 0 Å². The summed E-state index contributed by atoms with van der Waals surface area (Å²) in [6.07, 6.45) is 5.11. The highest BCUT2D eigenvalue weighted by atomic mass is 16.4. The SMILES string of the molecule is Cc1ccc(Nc2nc(-c3cccnc3)co2)cc1. The predicted molar refractivity (Wildman–Crippen MR) is 74.2 cm³/mol. The number of hydrogen-bond acceptors (Lipinski definition) is 4. The van der Waals surface area contributed by atoms with Crippen molar-refractivity contribution >= 4 is 11.7 Å². The van der Waals surface area contributed by atoms with E-state index in [9.17, 15) is 0 Å². The molecule has 0 aliphatic rings. The van der Waals surface area contributed by atoms with Crippen LogP contribution < -0.4 is 5.32 Å². The molecule has 0 saturated carbocycles. The second kappa shape index (κ2) is 4.94. The number of hydrogen-bond donors (Lipinski definition) is 1. The van der Waals surface area contributed by atoms with Gasteiger partial charge in [-0.1, -0.05) is 17.7 Å². The summed E-state index contributed by atoms with van der Waals surface area (Å²) in [7, 11) is 0. The lowest BCUT2D eigenvalue weighted by molar-refractivity contribution is 0.578. The lowest BCUT2D eigenvalue weighted by atomic mass is 10.2. The number of nitrogens with zero attached hydrogens (tertiary/aromatic N) is 2. The van der Waals surface area contributed by atoms with Crippen LogP contribution in [0.1, 0.15) is 5.56 Å². The quantitative estimate of drug-likeness (QED) is 0.769. The van der Waals surface area contributed by atoms with Gasteiger partial charge in [0.05, 0.1) is 0 Å². The van der Waals surface area contributed by atoms with E-state index >= 15 is 0 Å². The molecule has 0 radical (unpaired) electrons. The van der Waals surface area contributed by atoms with E-state index in [0.29, 0.717) is 6.01 Å². The first-order chi connectivity index (χ1) is 9.31. The van der Waals surface area contributed by atoms with Crippen molar-refractivity contribution in [3.05, 3.63) is 60.6 Å². The maximum Gasteiger partial charge on any atom is 0.299 e. The summed E-state index contributed by atoms with van der Waals surface area (Å²) < 4.78 is 5.40. The standard InChI is InChI=1S/C15H13N3O/c1-11-4-6-13(7-5-11)17-15-18-14(10-19-15)12-3-2-8-16-9-12/h2-10H,1H3,(H,17,18).